The summed E-state index contributed by atoms with van der Waals surface area (Å²) >= 11 is 1.79. The van der Waals surface area contributed by atoms with E-state index in [2.05, 4.69) is 35.4 Å². The fourth-order valence-electron chi connectivity index (χ4n) is 1.01. The minimum atomic E-state index is 0.146. The molecule has 0 atom stereocenters. The Morgan fingerprint density at radius 1 is 1.50 bits per heavy atom. The van der Waals surface area contributed by atoms with Gasteiger partial charge < -0.3 is 15.8 Å². The van der Waals surface area contributed by atoms with E-state index in [1.54, 1.807) is 24.9 Å². The maximum Gasteiger partial charge on any atom is 0.225 e. The van der Waals surface area contributed by atoms with E-state index in [4.69, 9.17) is 10.5 Å². The highest BCUT2D eigenvalue weighted by Crippen LogP contribution is 2.22. The molecule has 1 heterocycles. The molecule has 0 unspecified atom stereocenters. The van der Waals surface area contributed by atoms with E-state index in [0.717, 1.165) is 6.54 Å². The Labute approximate surface area is 100 Å². The van der Waals surface area contributed by atoms with Crippen LogP contribution >= 0.6 is 11.8 Å². The van der Waals surface area contributed by atoms with Crippen LogP contribution in [0.15, 0.2) is 6.07 Å². The number of thioether (sulfide) groups is 1. The molecular formula is C10H18N4OS. The molecule has 1 aromatic heterocycles. The second kappa shape index (κ2) is 5.25. The smallest absolute Gasteiger partial charge is 0.225 e. The molecule has 1 rings (SSSR count). The van der Waals surface area contributed by atoms with Crippen molar-refractivity contribution in [3.63, 3.8) is 0 Å². The number of nitrogens with zero attached hydrogens (tertiary/aromatic N) is 2. The molecule has 5 nitrogen and oxygen atoms in total. The lowest BCUT2D eigenvalue weighted by molar-refractivity contribution is 0.398. The number of ether oxygens (including phenoxy) is 1. The van der Waals surface area contributed by atoms with Crippen molar-refractivity contribution in [1.29, 1.82) is 0 Å². The molecule has 6 heteroatoms. The van der Waals surface area contributed by atoms with Gasteiger partial charge in [-0.1, -0.05) is 0 Å². The summed E-state index contributed by atoms with van der Waals surface area (Å²) in [6.07, 6.45) is 2.08. The first-order chi connectivity index (χ1) is 7.46. The van der Waals surface area contributed by atoms with E-state index in [1.165, 1.54) is 0 Å². The lowest BCUT2D eigenvalue weighted by Crippen LogP contribution is -2.26. The third-order valence-corrected chi connectivity index (χ3v) is 3.43. The van der Waals surface area contributed by atoms with Gasteiger partial charge in [-0.05, 0) is 20.1 Å². The fourth-order valence-corrected chi connectivity index (χ4v) is 1.23. The van der Waals surface area contributed by atoms with E-state index in [9.17, 15) is 0 Å². The van der Waals surface area contributed by atoms with Crippen molar-refractivity contribution in [1.82, 2.24) is 9.97 Å². The Morgan fingerprint density at radius 2 is 2.19 bits per heavy atom. The summed E-state index contributed by atoms with van der Waals surface area (Å²) in [7, 11) is 1.55. The summed E-state index contributed by atoms with van der Waals surface area (Å²) in [5, 5.41) is 3.22. The number of aromatic nitrogens is 2. The molecule has 0 aliphatic rings. The molecular weight excluding hydrogens is 224 g/mol. The van der Waals surface area contributed by atoms with Gasteiger partial charge in [0, 0.05) is 17.4 Å². The van der Waals surface area contributed by atoms with Gasteiger partial charge in [0.25, 0.3) is 0 Å². The van der Waals surface area contributed by atoms with E-state index in [0.29, 0.717) is 11.7 Å². The van der Waals surface area contributed by atoms with Crippen molar-refractivity contribution in [3.8, 4) is 5.88 Å². The lowest BCUT2D eigenvalue weighted by Gasteiger charge is -2.22. The first-order valence-corrected chi connectivity index (χ1v) is 6.17. The van der Waals surface area contributed by atoms with Gasteiger partial charge in [0.1, 0.15) is 5.82 Å². The van der Waals surface area contributed by atoms with Crippen LogP contribution in [0.2, 0.25) is 0 Å². The highest BCUT2D eigenvalue weighted by atomic mass is 32.2. The molecule has 1 aromatic rings. The topological polar surface area (TPSA) is 73.1 Å². The van der Waals surface area contributed by atoms with Crippen LogP contribution in [-0.4, -0.2) is 34.6 Å². The average molecular weight is 242 g/mol. The summed E-state index contributed by atoms with van der Waals surface area (Å²) in [5.41, 5.74) is 5.56. The van der Waals surface area contributed by atoms with E-state index in [-0.39, 0.29) is 10.7 Å². The highest BCUT2D eigenvalue weighted by Gasteiger charge is 2.15. The second-order valence-corrected chi connectivity index (χ2v) is 5.48. The van der Waals surface area contributed by atoms with Crippen LogP contribution in [0, 0.1) is 0 Å². The Bertz CT molecular complexity index is 357. The largest absolute Gasteiger partial charge is 0.481 e. The second-order valence-electron chi connectivity index (χ2n) is 3.97. The predicted octanol–water partition coefficient (Wildman–Crippen LogP) is 1.62. The zero-order valence-corrected chi connectivity index (χ0v) is 10.9. The fraction of sp³-hybridized carbons (Fsp3) is 0.600. The van der Waals surface area contributed by atoms with Crippen molar-refractivity contribution in [2.75, 3.05) is 31.0 Å². The Hall–Kier alpha value is -1.17. The zero-order valence-electron chi connectivity index (χ0n) is 10.1. The van der Waals surface area contributed by atoms with E-state index in [1.807, 2.05) is 0 Å². The lowest BCUT2D eigenvalue weighted by atomic mass is 10.2. The first kappa shape index (κ1) is 12.9. The number of nitrogens with two attached hydrogens (primary N) is 1. The summed E-state index contributed by atoms with van der Waals surface area (Å²) in [5.74, 6) is 1.37. The molecule has 0 aliphatic heterocycles. The summed E-state index contributed by atoms with van der Waals surface area (Å²) in [6.45, 7) is 5.12. The molecule has 0 radical (unpaired) electrons. The van der Waals surface area contributed by atoms with Crippen LogP contribution in [0.3, 0.4) is 0 Å². The highest BCUT2D eigenvalue weighted by molar-refractivity contribution is 7.99. The van der Waals surface area contributed by atoms with Gasteiger partial charge in [0.15, 0.2) is 0 Å². The van der Waals surface area contributed by atoms with Crippen molar-refractivity contribution in [3.05, 3.63) is 6.07 Å². The molecule has 0 spiro atoms. The number of nitrogens with one attached hydrogen (secondary N) is 1. The minimum absolute atomic E-state index is 0.146. The summed E-state index contributed by atoms with van der Waals surface area (Å²) < 4.78 is 5.16. The third-order valence-electron chi connectivity index (χ3n) is 2.18. The van der Waals surface area contributed by atoms with Crippen molar-refractivity contribution in [2.45, 2.75) is 18.6 Å². The summed E-state index contributed by atoms with van der Waals surface area (Å²) in [4.78, 5) is 8.00. The van der Waals surface area contributed by atoms with Gasteiger partial charge in [-0.3, -0.25) is 0 Å². The van der Waals surface area contributed by atoms with Crippen LogP contribution in [0.5, 0.6) is 5.88 Å². The number of methoxy groups -OCH3 is 1. The molecule has 0 aliphatic carbocycles. The van der Waals surface area contributed by atoms with Crippen LogP contribution in [0.1, 0.15) is 13.8 Å². The van der Waals surface area contributed by atoms with Crippen LogP contribution in [0.25, 0.3) is 0 Å². The van der Waals surface area contributed by atoms with Crippen LogP contribution in [-0.2, 0) is 0 Å². The minimum Gasteiger partial charge on any atom is -0.481 e. The molecule has 0 aromatic carbocycles. The normalized spacial score (nSPS) is 11.2. The Kier molecular flexibility index (Phi) is 4.23. The molecule has 0 saturated heterocycles. The van der Waals surface area contributed by atoms with Gasteiger partial charge in [-0.25, -0.2) is 0 Å². The molecule has 0 fully saturated rings. The average Bonchev–Trinajstić information content (AvgIpc) is 2.26. The van der Waals surface area contributed by atoms with Gasteiger partial charge in [0.2, 0.25) is 11.8 Å². The van der Waals surface area contributed by atoms with Crippen molar-refractivity contribution in [2.24, 2.45) is 0 Å². The molecule has 16 heavy (non-hydrogen) atoms. The standard InChI is InChI=1S/C10H18N4OS/c1-10(2,16-4)6-12-7-5-8(15-3)14-9(11)13-7/h5H,6H2,1-4H3,(H3,11,12,13,14). The van der Waals surface area contributed by atoms with E-state index < -0.39 is 0 Å². The van der Waals surface area contributed by atoms with Crippen molar-refractivity contribution >= 4 is 23.5 Å². The quantitative estimate of drug-likeness (QED) is 0.817. The predicted molar refractivity (Wildman–Crippen MR) is 69.1 cm³/mol. The number of anilines is 2. The molecule has 90 valence electrons. The first-order valence-electron chi connectivity index (χ1n) is 4.94. The van der Waals surface area contributed by atoms with Crippen LogP contribution < -0.4 is 15.8 Å². The van der Waals surface area contributed by atoms with Gasteiger partial charge in [0.05, 0.1) is 7.11 Å². The molecule has 0 saturated carbocycles. The van der Waals surface area contributed by atoms with Crippen LogP contribution in [0.4, 0.5) is 11.8 Å². The van der Waals surface area contributed by atoms with Gasteiger partial charge in [-0.2, -0.15) is 21.7 Å². The van der Waals surface area contributed by atoms with E-state index >= 15 is 0 Å². The SMILES string of the molecule is COc1cc(NCC(C)(C)SC)nc(N)n1. The molecule has 3 N–H and O–H groups in total. The molecule has 0 bridgehead atoms. The monoisotopic (exact) mass is 242 g/mol. The zero-order chi connectivity index (χ0) is 12.2. The summed E-state index contributed by atoms with van der Waals surface area (Å²) in [6, 6.07) is 1.73. The molecule has 0 amide bonds. The maximum atomic E-state index is 5.56. The number of hydrogen-bond donors (Lipinski definition) is 2. The number of nitrogen functional groups attached to an aromatic ring is 1. The van der Waals surface area contributed by atoms with Gasteiger partial charge >= 0.3 is 0 Å². The number of rotatable bonds is 5. The Morgan fingerprint density at radius 3 is 2.75 bits per heavy atom. The van der Waals surface area contributed by atoms with Gasteiger partial charge in [-0.15, -0.1) is 0 Å². The van der Waals surface area contributed by atoms with Crippen molar-refractivity contribution < 1.29 is 4.74 Å². The third kappa shape index (κ3) is 3.77. The number of hydrogen-bond acceptors (Lipinski definition) is 6. The Balaban J connectivity index is 2.70. The maximum absolute atomic E-state index is 5.56.